The smallest absolute Gasteiger partial charge is 0.222 e. The maximum atomic E-state index is 12.3. The molecule has 0 fully saturated rings. The first-order chi connectivity index (χ1) is 22.5. The molecule has 268 valence electrons. The van der Waals surface area contributed by atoms with Crippen molar-refractivity contribution in [1.29, 1.82) is 0 Å². The van der Waals surface area contributed by atoms with Crippen LogP contribution in [0.2, 0.25) is 0 Å². The molecular weight excluding hydrogens is 570 g/mol. The molecule has 0 aliphatic carbocycles. The fourth-order valence-electron chi connectivity index (χ4n) is 5.56. The van der Waals surface area contributed by atoms with Crippen molar-refractivity contribution >= 4 is 5.91 Å². The Morgan fingerprint density at radius 3 is 1.54 bits per heavy atom. The van der Waals surface area contributed by atoms with E-state index in [9.17, 15) is 20.1 Å². The summed E-state index contributed by atoms with van der Waals surface area (Å²) in [6.07, 6.45) is 45.3. The Morgan fingerprint density at radius 1 is 0.565 bits per heavy atom. The summed E-state index contributed by atoms with van der Waals surface area (Å²) in [5.74, 6) is -0.338. The van der Waals surface area contributed by atoms with Crippen molar-refractivity contribution in [1.82, 2.24) is 5.32 Å². The number of rotatable bonds is 34. The number of carbonyl (C=O) groups is 1. The van der Waals surface area contributed by atoms with Gasteiger partial charge in [0.1, 0.15) is 0 Å². The predicted molar refractivity (Wildman–Crippen MR) is 199 cm³/mol. The molecule has 3 atom stereocenters. The zero-order valence-corrected chi connectivity index (χ0v) is 30.2. The van der Waals surface area contributed by atoms with E-state index in [2.05, 4.69) is 55.6 Å². The normalized spacial score (nSPS) is 14.3. The molecule has 0 heterocycles. The number of hydrogen-bond acceptors (Lipinski definition) is 4. The molecule has 0 aromatic heterocycles. The van der Waals surface area contributed by atoms with Crippen LogP contribution in [0.5, 0.6) is 0 Å². The molecule has 0 aromatic rings. The van der Waals surface area contributed by atoms with Gasteiger partial charge in [-0.1, -0.05) is 159 Å². The van der Waals surface area contributed by atoms with Crippen LogP contribution in [0.4, 0.5) is 0 Å². The number of unbranched alkanes of at least 4 members (excludes halogenated alkanes) is 19. The standard InChI is InChI=1S/C41H75NO4/c1-3-5-7-9-11-13-15-16-17-18-19-20-21-22-23-24-25-26-28-30-32-34-38(44)36-41(46)42-39(37-43)40(45)35-33-31-29-27-14-12-10-8-6-4-2/h14,19-20,22-23,27,33,35,38-40,43-45H,3-13,15-18,21,24-26,28-32,34,36-37H2,1-2H3,(H,42,46)/b20-19-,23-22-,27-14+,35-33+. The summed E-state index contributed by atoms with van der Waals surface area (Å²) in [5.41, 5.74) is 0. The average Bonchev–Trinajstić information content (AvgIpc) is 3.05. The van der Waals surface area contributed by atoms with Gasteiger partial charge in [0, 0.05) is 0 Å². The molecule has 0 rings (SSSR count). The van der Waals surface area contributed by atoms with E-state index in [-0.39, 0.29) is 18.9 Å². The van der Waals surface area contributed by atoms with Crippen LogP contribution >= 0.6 is 0 Å². The minimum atomic E-state index is -0.954. The summed E-state index contributed by atoms with van der Waals surface area (Å²) in [6.45, 7) is 4.14. The lowest BCUT2D eigenvalue weighted by Gasteiger charge is -2.20. The largest absolute Gasteiger partial charge is 0.394 e. The monoisotopic (exact) mass is 646 g/mol. The van der Waals surface area contributed by atoms with E-state index in [0.29, 0.717) is 6.42 Å². The molecular formula is C41H75NO4. The van der Waals surface area contributed by atoms with Gasteiger partial charge in [0.2, 0.25) is 5.91 Å². The van der Waals surface area contributed by atoms with Crippen LogP contribution < -0.4 is 5.32 Å². The minimum absolute atomic E-state index is 0.00554. The topological polar surface area (TPSA) is 89.8 Å². The quantitative estimate of drug-likeness (QED) is 0.0414. The number of amides is 1. The first-order valence-electron chi connectivity index (χ1n) is 19.4. The second-order valence-electron chi connectivity index (χ2n) is 13.2. The molecule has 0 aromatic carbocycles. The summed E-state index contributed by atoms with van der Waals surface area (Å²) in [4.78, 5) is 12.3. The van der Waals surface area contributed by atoms with Crippen LogP contribution in [0.25, 0.3) is 0 Å². The third-order valence-electron chi connectivity index (χ3n) is 8.59. The van der Waals surface area contributed by atoms with Gasteiger partial charge in [-0.05, 0) is 64.2 Å². The third-order valence-corrected chi connectivity index (χ3v) is 8.59. The highest BCUT2D eigenvalue weighted by molar-refractivity contribution is 5.76. The van der Waals surface area contributed by atoms with Gasteiger partial charge < -0.3 is 20.6 Å². The summed E-state index contributed by atoms with van der Waals surface area (Å²) < 4.78 is 0. The van der Waals surface area contributed by atoms with Gasteiger partial charge in [-0.2, -0.15) is 0 Å². The molecule has 0 spiro atoms. The van der Waals surface area contributed by atoms with Gasteiger partial charge in [0.25, 0.3) is 0 Å². The molecule has 0 saturated carbocycles. The number of hydrogen-bond donors (Lipinski definition) is 4. The van der Waals surface area contributed by atoms with E-state index in [1.165, 1.54) is 103 Å². The Labute approximate surface area is 285 Å². The first kappa shape index (κ1) is 44.3. The van der Waals surface area contributed by atoms with Crippen molar-refractivity contribution in [2.75, 3.05) is 6.61 Å². The predicted octanol–water partition coefficient (Wildman–Crippen LogP) is 10.6. The van der Waals surface area contributed by atoms with Gasteiger partial charge >= 0.3 is 0 Å². The lowest BCUT2D eigenvalue weighted by molar-refractivity contribution is -0.124. The zero-order chi connectivity index (χ0) is 33.8. The van der Waals surface area contributed by atoms with Gasteiger partial charge in [-0.25, -0.2) is 0 Å². The second-order valence-corrected chi connectivity index (χ2v) is 13.2. The molecule has 3 unspecified atom stereocenters. The summed E-state index contributed by atoms with van der Waals surface area (Å²) in [5, 5.41) is 33.0. The Balaban J connectivity index is 3.74. The van der Waals surface area contributed by atoms with E-state index in [0.717, 1.165) is 51.4 Å². The van der Waals surface area contributed by atoms with Gasteiger partial charge in [-0.15, -0.1) is 0 Å². The average molecular weight is 646 g/mol. The highest BCUT2D eigenvalue weighted by atomic mass is 16.3. The highest BCUT2D eigenvalue weighted by Gasteiger charge is 2.20. The van der Waals surface area contributed by atoms with Crippen molar-refractivity contribution in [2.45, 2.75) is 199 Å². The van der Waals surface area contributed by atoms with Crippen LogP contribution in [0.15, 0.2) is 48.6 Å². The molecule has 0 aliphatic rings. The van der Waals surface area contributed by atoms with E-state index in [1.807, 2.05) is 6.08 Å². The van der Waals surface area contributed by atoms with Crippen molar-refractivity contribution < 1.29 is 20.1 Å². The summed E-state index contributed by atoms with van der Waals surface area (Å²) >= 11 is 0. The first-order valence-corrected chi connectivity index (χ1v) is 19.4. The molecule has 0 radical (unpaired) electrons. The molecule has 46 heavy (non-hydrogen) atoms. The number of allylic oxidation sites excluding steroid dienone is 7. The van der Waals surface area contributed by atoms with Crippen molar-refractivity contribution in [3.8, 4) is 0 Å². The maximum absolute atomic E-state index is 12.3. The summed E-state index contributed by atoms with van der Waals surface area (Å²) in [6, 6.07) is -0.764. The second kappa shape index (κ2) is 36.2. The zero-order valence-electron chi connectivity index (χ0n) is 30.2. The van der Waals surface area contributed by atoms with Crippen molar-refractivity contribution in [3.05, 3.63) is 48.6 Å². The Morgan fingerprint density at radius 2 is 1.00 bits per heavy atom. The van der Waals surface area contributed by atoms with E-state index in [1.54, 1.807) is 6.08 Å². The number of carbonyl (C=O) groups excluding carboxylic acids is 1. The van der Waals surface area contributed by atoms with Gasteiger partial charge in [-0.3, -0.25) is 4.79 Å². The third kappa shape index (κ3) is 32.3. The number of nitrogens with one attached hydrogen (secondary N) is 1. The fraction of sp³-hybridized carbons (Fsp3) is 0.780. The van der Waals surface area contributed by atoms with Crippen LogP contribution in [0.3, 0.4) is 0 Å². The van der Waals surface area contributed by atoms with E-state index < -0.39 is 18.2 Å². The van der Waals surface area contributed by atoms with Crippen molar-refractivity contribution in [2.24, 2.45) is 0 Å². The Hall–Kier alpha value is -1.69. The van der Waals surface area contributed by atoms with Crippen LogP contribution in [0, 0.1) is 0 Å². The van der Waals surface area contributed by atoms with Gasteiger partial charge in [0.15, 0.2) is 0 Å². The molecule has 4 N–H and O–H groups in total. The number of aliphatic hydroxyl groups is 3. The molecule has 5 nitrogen and oxygen atoms in total. The van der Waals surface area contributed by atoms with E-state index in [4.69, 9.17) is 0 Å². The van der Waals surface area contributed by atoms with Crippen molar-refractivity contribution in [3.63, 3.8) is 0 Å². The fourth-order valence-corrected chi connectivity index (χ4v) is 5.56. The van der Waals surface area contributed by atoms with E-state index >= 15 is 0 Å². The van der Waals surface area contributed by atoms with Crippen LogP contribution in [-0.4, -0.2) is 46.1 Å². The Kier molecular flexibility index (Phi) is 34.8. The molecule has 0 bridgehead atoms. The van der Waals surface area contributed by atoms with Gasteiger partial charge in [0.05, 0.1) is 31.3 Å². The maximum Gasteiger partial charge on any atom is 0.222 e. The van der Waals surface area contributed by atoms with Crippen LogP contribution in [-0.2, 0) is 4.79 Å². The lowest BCUT2D eigenvalue weighted by Crippen LogP contribution is -2.45. The molecule has 5 heteroatoms. The molecule has 1 amide bonds. The summed E-state index contributed by atoms with van der Waals surface area (Å²) in [7, 11) is 0. The SMILES string of the molecule is CCCCCC/C=C/CC/C=C/C(O)C(CO)NC(=O)CC(O)CCCCCCC/C=C\C/C=C\CCCCCCCCCCC. The number of aliphatic hydroxyl groups excluding tert-OH is 3. The lowest BCUT2D eigenvalue weighted by atomic mass is 10.0. The highest BCUT2D eigenvalue weighted by Crippen LogP contribution is 2.13. The molecule has 0 saturated heterocycles. The Bertz CT molecular complexity index is 760. The van der Waals surface area contributed by atoms with Crippen LogP contribution in [0.1, 0.15) is 181 Å². The minimum Gasteiger partial charge on any atom is -0.394 e. The molecule has 0 aliphatic heterocycles.